The zero-order valence-corrected chi connectivity index (χ0v) is 6.59. The van der Waals surface area contributed by atoms with Crippen molar-refractivity contribution < 1.29 is 5.11 Å². The first-order valence-corrected chi connectivity index (χ1v) is 3.52. The van der Waals surface area contributed by atoms with E-state index in [2.05, 4.69) is 18.6 Å². The zero-order valence-electron chi connectivity index (χ0n) is 6.59. The summed E-state index contributed by atoms with van der Waals surface area (Å²) in [6.07, 6.45) is 2.80. The van der Waals surface area contributed by atoms with E-state index < -0.39 is 0 Å². The van der Waals surface area contributed by atoms with Crippen LogP contribution in [0.25, 0.3) is 0 Å². The van der Waals surface area contributed by atoms with Gasteiger partial charge in [-0.2, -0.15) is 0 Å². The molecule has 4 heteroatoms. The number of nitrogens with two attached hydrogens (primary N) is 3. The summed E-state index contributed by atoms with van der Waals surface area (Å²) in [5.74, 6) is 8.00. The number of unbranched alkanes of at least 4 members (excludes halogenated alkanes) is 1. The Morgan fingerprint density at radius 2 is 1.90 bits per heavy atom. The smallest absolute Gasteiger partial charge is 0.0662 e. The molecule has 0 aromatic carbocycles. The van der Waals surface area contributed by atoms with Gasteiger partial charge in [-0.25, -0.2) is 0 Å². The highest BCUT2D eigenvalue weighted by Crippen LogP contribution is 1.97. The van der Waals surface area contributed by atoms with Crippen LogP contribution in [0.2, 0.25) is 0 Å². The number of aliphatic hydroxyl groups excluding tert-OH is 1. The van der Waals surface area contributed by atoms with E-state index in [9.17, 15) is 0 Å². The van der Waals surface area contributed by atoms with Gasteiger partial charge in [-0.05, 0) is 6.42 Å². The molecule has 10 heavy (non-hydrogen) atoms. The monoisotopic (exact) mass is 149 g/mol. The van der Waals surface area contributed by atoms with E-state index in [-0.39, 0.29) is 6.10 Å². The third-order valence-corrected chi connectivity index (χ3v) is 1.16. The number of aliphatic hydroxyl groups is 1. The lowest BCUT2D eigenvalue weighted by molar-refractivity contribution is 0.169. The van der Waals surface area contributed by atoms with Crippen LogP contribution in [0.4, 0.5) is 0 Å². The fourth-order valence-corrected chi connectivity index (χ4v) is 0.558. The van der Waals surface area contributed by atoms with Gasteiger partial charge in [0.2, 0.25) is 0 Å². The molecule has 0 saturated heterocycles. The number of hydrazine groups is 1. The average molecular weight is 149 g/mol. The molecule has 0 aliphatic rings. The van der Waals surface area contributed by atoms with Gasteiger partial charge in [0.1, 0.15) is 0 Å². The summed E-state index contributed by atoms with van der Waals surface area (Å²) in [5, 5.41) is 8.86. The molecule has 0 aromatic heterocycles. The van der Waals surface area contributed by atoms with Crippen LogP contribution in [0, 0.1) is 0 Å². The van der Waals surface area contributed by atoms with Crippen molar-refractivity contribution in [3.8, 4) is 0 Å². The van der Waals surface area contributed by atoms with Crippen LogP contribution >= 0.6 is 0 Å². The van der Waals surface area contributed by atoms with Crippen molar-refractivity contribution in [1.29, 1.82) is 0 Å². The molecule has 1 atom stereocenters. The van der Waals surface area contributed by atoms with Crippen molar-refractivity contribution in [1.82, 2.24) is 0 Å². The van der Waals surface area contributed by atoms with Crippen molar-refractivity contribution in [3.05, 3.63) is 0 Å². The van der Waals surface area contributed by atoms with Crippen LogP contribution < -0.4 is 17.4 Å². The first-order valence-electron chi connectivity index (χ1n) is 3.52. The lowest BCUT2D eigenvalue weighted by Crippen LogP contribution is -2.18. The molecule has 0 aliphatic heterocycles. The van der Waals surface area contributed by atoms with Gasteiger partial charge in [0.25, 0.3) is 0 Å². The highest BCUT2D eigenvalue weighted by atomic mass is 16.3. The van der Waals surface area contributed by atoms with Gasteiger partial charge < -0.3 is 10.8 Å². The molecule has 0 spiro atoms. The minimum absolute atomic E-state index is 0.269. The Bertz CT molecular complexity index is 52.3. The molecule has 1 unspecified atom stereocenters. The van der Waals surface area contributed by atoms with Gasteiger partial charge in [-0.1, -0.05) is 19.8 Å². The fraction of sp³-hybridized carbons (Fsp3) is 1.00. The lowest BCUT2D eigenvalue weighted by atomic mass is 10.2. The van der Waals surface area contributed by atoms with E-state index in [1.807, 2.05) is 0 Å². The molecule has 64 valence electrons. The molecule has 0 aromatic rings. The van der Waals surface area contributed by atoms with E-state index in [1.54, 1.807) is 0 Å². The molecule has 0 aliphatic carbocycles. The fourth-order valence-electron chi connectivity index (χ4n) is 0.558. The Balaban J connectivity index is 0. The van der Waals surface area contributed by atoms with E-state index in [1.165, 1.54) is 0 Å². The highest BCUT2D eigenvalue weighted by Gasteiger charge is 1.96. The normalized spacial score (nSPS) is 11.7. The Morgan fingerprint density at radius 1 is 1.40 bits per heavy atom. The molecular formula is C6H19N3O. The number of hydrogen-bond donors (Lipinski definition) is 4. The van der Waals surface area contributed by atoms with Crippen LogP contribution in [-0.2, 0) is 0 Å². The second-order valence-electron chi connectivity index (χ2n) is 2.03. The van der Waals surface area contributed by atoms with Crippen molar-refractivity contribution >= 4 is 0 Å². The van der Waals surface area contributed by atoms with Crippen LogP contribution in [0.3, 0.4) is 0 Å². The van der Waals surface area contributed by atoms with Crippen molar-refractivity contribution in [2.24, 2.45) is 17.4 Å². The van der Waals surface area contributed by atoms with E-state index >= 15 is 0 Å². The van der Waals surface area contributed by atoms with Crippen LogP contribution in [0.5, 0.6) is 0 Å². The van der Waals surface area contributed by atoms with Crippen molar-refractivity contribution in [2.75, 3.05) is 6.54 Å². The summed E-state index contributed by atoms with van der Waals surface area (Å²) >= 11 is 0. The summed E-state index contributed by atoms with van der Waals surface area (Å²) in [6.45, 7) is 2.50. The Labute approximate surface area is 62.4 Å². The predicted octanol–water partition coefficient (Wildman–Crippen LogP) is -0.685. The van der Waals surface area contributed by atoms with Gasteiger partial charge in [-0.15, -0.1) is 0 Å². The van der Waals surface area contributed by atoms with Gasteiger partial charge >= 0.3 is 0 Å². The average Bonchev–Trinajstić information content (AvgIpc) is 2.04. The molecule has 0 saturated carbocycles. The first-order chi connectivity index (χ1) is 4.81. The largest absolute Gasteiger partial charge is 0.392 e. The molecule has 7 N–H and O–H groups in total. The SMILES string of the molecule is CCCCC(O)CN.NN. The Hall–Kier alpha value is -0.160. The quantitative estimate of drug-likeness (QED) is 0.314. The zero-order chi connectivity index (χ0) is 8.41. The van der Waals surface area contributed by atoms with Crippen LogP contribution in [0.1, 0.15) is 26.2 Å². The van der Waals surface area contributed by atoms with Gasteiger partial charge in [0, 0.05) is 6.54 Å². The molecule has 0 radical (unpaired) electrons. The number of rotatable bonds is 4. The summed E-state index contributed by atoms with van der Waals surface area (Å²) in [6, 6.07) is 0. The van der Waals surface area contributed by atoms with E-state index in [0.29, 0.717) is 6.54 Å². The minimum Gasteiger partial charge on any atom is -0.392 e. The Morgan fingerprint density at radius 3 is 2.20 bits per heavy atom. The van der Waals surface area contributed by atoms with Crippen LogP contribution in [0.15, 0.2) is 0 Å². The van der Waals surface area contributed by atoms with Gasteiger partial charge in [0.15, 0.2) is 0 Å². The standard InChI is InChI=1S/C6H15NO.H4N2/c1-2-3-4-6(8)5-7;1-2/h6,8H,2-5,7H2,1H3;1-2H2. The molecule has 4 nitrogen and oxygen atoms in total. The second kappa shape index (κ2) is 11.6. The minimum atomic E-state index is -0.269. The highest BCUT2D eigenvalue weighted by molar-refractivity contribution is 4.53. The molecule has 0 bridgehead atoms. The number of hydrogen-bond acceptors (Lipinski definition) is 4. The van der Waals surface area contributed by atoms with E-state index in [4.69, 9.17) is 10.8 Å². The van der Waals surface area contributed by atoms with E-state index in [0.717, 1.165) is 19.3 Å². The third kappa shape index (κ3) is 10.8. The summed E-state index contributed by atoms with van der Waals surface area (Å²) in [7, 11) is 0. The topological polar surface area (TPSA) is 98.3 Å². The Kier molecular flexibility index (Phi) is 14.5. The molecular weight excluding hydrogens is 130 g/mol. The molecule has 0 heterocycles. The predicted molar refractivity (Wildman–Crippen MR) is 43.0 cm³/mol. The maximum absolute atomic E-state index is 8.86. The summed E-state index contributed by atoms with van der Waals surface area (Å²) < 4.78 is 0. The lowest BCUT2D eigenvalue weighted by Gasteiger charge is -2.03. The summed E-state index contributed by atoms with van der Waals surface area (Å²) in [4.78, 5) is 0. The summed E-state index contributed by atoms with van der Waals surface area (Å²) in [5.41, 5.74) is 5.16. The maximum Gasteiger partial charge on any atom is 0.0662 e. The van der Waals surface area contributed by atoms with Crippen molar-refractivity contribution in [3.63, 3.8) is 0 Å². The van der Waals surface area contributed by atoms with Gasteiger partial charge in [-0.3, -0.25) is 11.7 Å². The van der Waals surface area contributed by atoms with Gasteiger partial charge in [0.05, 0.1) is 6.10 Å². The third-order valence-electron chi connectivity index (χ3n) is 1.16. The molecule has 0 amide bonds. The first kappa shape index (κ1) is 12.5. The van der Waals surface area contributed by atoms with Crippen LogP contribution in [-0.4, -0.2) is 17.8 Å². The van der Waals surface area contributed by atoms with Crippen molar-refractivity contribution in [2.45, 2.75) is 32.3 Å². The molecule has 0 rings (SSSR count). The molecule has 0 fully saturated rings. The maximum atomic E-state index is 8.86. The second-order valence-corrected chi connectivity index (χ2v) is 2.03.